The van der Waals surface area contributed by atoms with Crippen LogP contribution in [0.4, 0.5) is 0 Å². The van der Waals surface area contributed by atoms with E-state index in [4.69, 9.17) is 9.47 Å². The third kappa shape index (κ3) is 5.10. The largest absolute Gasteiger partial charge is 0.493 e. The van der Waals surface area contributed by atoms with E-state index < -0.39 is 0 Å². The fraction of sp³-hybridized carbons (Fsp3) is 0.238. The molecule has 1 N–H and O–H groups in total. The van der Waals surface area contributed by atoms with Crippen LogP contribution in [0.3, 0.4) is 0 Å². The van der Waals surface area contributed by atoms with Crippen molar-refractivity contribution < 1.29 is 19.1 Å². The van der Waals surface area contributed by atoms with Crippen LogP contribution in [0.5, 0.6) is 11.5 Å². The molecule has 0 aliphatic carbocycles. The third-order valence-corrected chi connectivity index (χ3v) is 3.92. The average Bonchev–Trinajstić information content (AvgIpc) is 2.67. The van der Waals surface area contributed by atoms with Crippen LogP contribution in [-0.4, -0.2) is 45.0 Å². The van der Waals surface area contributed by atoms with Gasteiger partial charge in [-0.25, -0.2) is 0 Å². The molecule has 0 fully saturated rings. The van der Waals surface area contributed by atoms with Crippen molar-refractivity contribution >= 4 is 17.9 Å². The Balaban J connectivity index is 2.36. The van der Waals surface area contributed by atoms with Gasteiger partial charge in [-0.15, -0.1) is 0 Å². The number of carbonyl (C=O) groups excluding carboxylic acids is 2. The summed E-state index contributed by atoms with van der Waals surface area (Å²) in [4.78, 5) is 26.5. The highest BCUT2D eigenvalue weighted by atomic mass is 16.5. The summed E-state index contributed by atoms with van der Waals surface area (Å²) < 4.78 is 10.5. The van der Waals surface area contributed by atoms with Gasteiger partial charge in [-0.2, -0.15) is 0 Å². The second-order valence-corrected chi connectivity index (χ2v) is 6.19. The highest BCUT2D eigenvalue weighted by Crippen LogP contribution is 2.28. The average molecular weight is 368 g/mol. The summed E-state index contributed by atoms with van der Waals surface area (Å²) in [5.41, 5.74) is 2.39. The monoisotopic (exact) mass is 368 g/mol. The number of benzene rings is 2. The first kappa shape index (κ1) is 20.0. The summed E-state index contributed by atoms with van der Waals surface area (Å²) in [6.45, 7) is 1.94. The van der Waals surface area contributed by atoms with Crippen molar-refractivity contribution in [1.82, 2.24) is 10.2 Å². The minimum absolute atomic E-state index is 0.165. The standard InChI is InChI=1S/C21H24N2O4/c1-14-6-9-16(10-7-14)20(24)22-17(21(25)23(2)3)12-15-8-11-18(26-4)19(13-15)27-5/h6-13H,1-5H3,(H,22,24). The van der Waals surface area contributed by atoms with E-state index in [9.17, 15) is 9.59 Å². The summed E-state index contributed by atoms with van der Waals surface area (Å²) in [5.74, 6) is 0.453. The zero-order valence-corrected chi connectivity index (χ0v) is 16.2. The summed E-state index contributed by atoms with van der Waals surface area (Å²) in [6, 6.07) is 12.4. The summed E-state index contributed by atoms with van der Waals surface area (Å²) in [7, 11) is 6.35. The van der Waals surface area contributed by atoms with Crippen LogP contribution >= 0.6 is 0 Å². The molecule has 0 saturated heterocycles. The van der Waals surface area contributed by atoms with Gasteiger partial charge in [0.25, 0.3) is 11.8 Å². The second-order valence-electron chi connectivity index (χ2n) is 6.19. The summed E-state index contributed by atoms with van der Waals surface area (Å²) >= 11 is 0. The number of hydrogen-bond acceptors (Lipinski definition) is 4. The normalized spacial score (nSPS) is 10.9. The molecule has 2 aromatic rings. The lowest BCUT2D eigenvalue weighted by Crippen LogP contribution is -2.34. The molecule has 0 saturated carbocycles. The van der Waals surface area contributed by atoms with Gasteiger partial charge in [0, 0.05) is 19.7 Å². The molecule has 0 unspecified atom stereocenters. The molecule has 0 aliphatic heterocycles. The van der Waals surface area contributed by atoms with Crippen LogP contribution in [0.25, 0.3) is 6.08 Å². The van der Waals surface area contributed by atoms with Crippen molar-refractivity contribution in [2.24, 2.45) is 0 Å². The van der Waals surface area contributed by atoms with Crippen LogP contribution in [0.15, 0.2) is 48.2 Å². The minimum atomic E-state index is -0.350. The summed E-state index contributed by atoms with van der Waals surface area (Å²) in [6.07, 6.45) is 1.61. The molecular weight excluding hydrogens is 344 g/mol. The molecule has 6 heteroatoms. The van der Waals surface area contributed by atoms with E-state index in [1.807, 2.05) is 19.1 Å². The van der Waals surface area contributed by atoms with E-state index >= 15 is 0 Å². The Morgan fingerprint density at radius 1 is 0.963 bits per heavy atom. The number of ether oxygens (including phenoxy) is 2. The number of nitrogens with one attached hydrogen (secondary N) is 1. The Labute approximate surface area is 159 Å². The van der Waals surface area contributed by atoms with Crippen molar-refractivity contribution in [3.63, 3.8) is 0 Å². The highest BCUT2D eigenvalue weighted by molar-refractivity contribution is 6.05. The van der Waals surface area contributed by atoms with Crippen LogP contribution in [0.1, 0.15) is 21.5 Å². The maximum Gasteiger partial charge on any atom is 0.269 e. The van der Waals surface area contributed by atoms with E-state index in [0.717, 1.165) is 5.56 Å². The van der Waals surface area contributed by atoms with Crippen molar-refractivity contribution in [2.45, 2.75) is 6.92 Å². The van der Waals surface area contributed by atoms with Gasteiger partial charge in [-0.05, 0) is 42.8 Å². The van der Waals surface area contributed by atoms with Crippen molar-refractivity contribution in [3.8, 4) is 11.5 Å². The first-order chi connectivity index (χ1) is 12.8. The van der Waals surface area contributed by atoms with E-state index in [0.29, 0.717) is 22.6 Å². The lowest BCUT2D eigenvalue weighted by atomic mass is 10.1. The van der Waals surface area contributed by atoms with E-state index in [1.165, 1.54) is 12.0 Å². The highest BCUT2D eigenvalue weighted by Gasteiger charge is 2.16. The number of carbonyl (C=O) groups is 2. The predicted octanol–water partition coefficient (Wildman–Crippen LogP) is 2.87. The van der Waals surface area contributed by atoms with Crippen molar-refractivity contribution in [1.29, 1.82) is 0 Å². The van der Waals surface area contributed by atoms with Crippen LogP contribution in [0, 0.1) is 6.92 Å². The number of likely N-dealkylation sites (N-methyl/N-ethyl adjacent to an activating group) is 1. The summed E-state index contributed by atoms with van der Waals surface area (Å²) in [5, 5.41) is 2.71. The molecule has 0 radical (unpaired) electrons. The van der Waals surface area contributed by atoms with Gasteiger partial charge in [0.2, 0.25) is 0 Å². The van der Waals surface area contributed by atoms with Crippen LogP contribution in [-0.2, 0) is 4.79 Å². The smallest absolute Gasteiger partial charge is 0.269 e. The first-order valence-corrected chi connectivity index (χ1v) is 8.39. The van der Waals surface area contributed by atoms with Gasteiger partial charge in [0.05, 0.1) is 14.2 Å². The van der Waals surface area contributed by atoms with Gasteiger partial charge >= 0.3 is 0 Å². The van der Waals surface area contributed by atoms with Gasteiger partial charge in [-0.3, -0.25) is 9.59 Å². The molecule has 0 aliphatic rings. The number of amides is 2. The molecule has 2 amide bonds. The molecule has 2 aromatic carbocycles. The molecule has 142 valence electrons. The molecule has 2 rings (SSSR count). The second kappa shape index (κ2) is 8.89. The van der Waals surface area contributed by atoms with Gasteiger partial charge in [0.1, 0.15) is 5.70 Å². The molecular formula is C21H24N2O4. The molecule has 0 spiro atoms. The Hall–Kier alpha value is -3.28. The van der Waals surface area contributed by atoms with Gasteiger partial charge in [-0.1, -0.05) is 23.8 Å². The molecule has 6 nitrogen and oxygen atoms in total. The quantitative estimate of drug-likeness (QED) is 0.796. The third-order valence-electron chi connectivity index (χ3n) is 3.92. The van der Waals surface area contributed by atoms with Gasteiger partial charge in [0.15, 0.2) is 11.5 Å². The topological polar surface area (TPSA) is 67.9 Å². The molecule has 0 aromatic heterocycles. The predicted molar refractivity (Wildman–Crippen MR) is 105 cm³/mol. The number of hydrogen-bond donors (Lipinski definition) is 1. The lowest BCUT2D eigenvalue weighted by Gasteiger charge is -2.15. The number of aryl methyl sites for hydroxylation is 1. The zero-order valence-electron chi connectivity index (χ0n) is 16.2. The maximum absolute atomic E-state index is 12.5. The Morgan fingerprint density at radius 3 is 2.15 bits per heavy atom. The van der Waals surface area contributed by atoms with Crippen molar-refractivity contribution in [3.05, 3.63) is 64.9 Å². The fourth-order valence-corrected chi connectivity index (χ4v) is 2.40. The Bertz CT molecular complexity index is 855. The SMILES string of the molecule is COc1ccc(C=C(NC(=O)c2ccc(C)cc2)C(=O)N(C)C)cc1OC. The van der Waals surface area contributed by atoms with Crippen LogP contribution in [0.2, 0.25) is 0 Å². The number of methoxy groups -OCH3 is 2. The van der Waals surface area contributed by atoms with E-state index in [1.54, 1.807) is 57.6 Å². The maximum atomic E-state index is 12.5. The number of rotatable bonds is 6. The van der Waals surface area contributed by atoms with E-state index in [2.05, 4.69) is 5.32 Å². The Morgan fingerprint density at radius 2 is 1.59 bits per heavy atom. The fourth-order valence-electron chi connectivity index (χ4n) is 2.40. The van der Waals surface area contributed by atoms with Gasteiger partial charge < -0.3 is 19.7 Å². The van der Waals surface area contributed by atoms with E-state index in [-0.39, 0.29) is 17.5 Å². The molecule has 0 heterocycles. The molecule has 0 bridgehead atoms. The minimum Gasteiger partial charge on any atom is -0.493 e. The Kier molecular flexibility index (Phi) is 6.60. The number of nitrogens with zero attached hydrogens (tertiary/aromatic N) is 1. The lowest BCUT2D eigenvalue weighted by molar-refractivity contribution is -0.124. The van der Waals surface area contributed by atoms with Crippen LogP contribution < -0.4 is 14.8 Å². The molecule has 27 heavy (non-hydrogen) atoms. The van der Waals surface area contributed by atoms with Crippen molar-refractivity contribution in [2.75, 3.05) is 28.3 Å². The zero-order chi connectivity index (χ0) is 20.0. The molecule has 0 atom stereocenters. The first-order valence-electron chi connectivity index (χ1n) is 8.39.